The van der Waals surface area contributed by atoms with Crippen LogP contribution in [0.15, 0.2) is 66.1 Å². The predicted molar refractivity (Wildman–Crippen MR) is 130 cm³/mol. The van der Waals surface area contributed by atoms with Crippen LogP contribution >= 0.6 is 0 Å². The van der Waals surface area contributed by atoms with E-state index in [0.717, 1.165) is 18.4 Å². The molecule has 0 saturated carbocycles. The Hall–Kier alpha value is -3.13. The first-order chi connectivity index (χ1) is 15.8. The van der Waals surface area contributed by atoms with Gasteiger partial charge in [0.2, 0.25) is 5.91 Å². The smallest absolute Gasteiger partial charge is 0.261 e. The van der Waals surface area contributed by atoms with Gasteiger partial charge in [0.15, 0.2) is 0 Å². The molecular weight excluding hydrogens is 438 g/mol. The Balaban J connectivity index is 1.64. The van der Waals surface area contributed by atoms with Crippen molar-refractivity contribution < 1.29 is 18.0 Å². The topological polar surface area (TPSA) is 95.6 Å². The fraction of sp³-hybridized carbons (Fsp3) is 0.360. The number of carbonyl (C=O) groups is 2. The number of likely N-dealkylation sites (tertiary alicyclic amines) is 1. The third-order valence-corrected chi connectivity index (χ3v) is 7.10. The molecule has 0 aliphatic carbocycles. The molecule has 33 heavy (non-hydrogen) atoms. The molecule has 2 N–H and O–H groups in total. The number of aryl methyl sites for hydroxylation is 1. The lowest BCUT2D eigenvalue weighted by atomic mass is 9.95. The van der Waals surface area contributed by atoms with Gasteiger partial charge in [-0.1, -0.05) is 37.6 Å². The van der Waals surface area contributed by atoms with Gasteiger partial charge in [-0.3, -0.25) is 14.3 Å². The molecule has 176 valence electrons. The summed E-state index contributed by atoms with van der Waals surface area (Å²) in [7, 11) is -3.76. The summed E-state index contributed by atoms with van der Waals surface area (Å²) in [5, 5.41) is 2.80. The van der Waals surface area contributed by atoms with Gasteiger partial charge in [0.1, 0.15) is 0 Å². The van der Waals surface area contributed by atoms with Crippen molar-refractivity contribution in [1.82, 2.24) is 10.2 Å². The summed E-state index contributed by atoms with van der Waals surface area (Å²) >= 11 is 0. The van der Waals surface area contributed by atoms with Crippen molar-refractivity contribution in [3.63, 3.8) is 0 Å². The molecule has 1 aliphatic rings. The van der Waals surface area contributed by atoms with Gasteiger partial charge < -0.3 is 10.2 Å². The summed E-state index contributed by atoms with van der Waals surface area (Å²) in [5.74, 6) is -0.304. The molecular formula is C25H31N3O4S. The number of amides is 2. The van der Waals surface area contributed by atoms with E-state index in [0.29, 0.717) is 43.7 Å². The van der Waals surface area contributed by atoms with Crippen molar-refractivity contribution in [2.24, 2.45) is 5.92 Å². The molecule has 0 atom stereocenters. The maximum atomic E-state index is 13.0. The van der Waals surface area contributed by atoms with Gasteiger partial charge in [0.25, 0.3) is 15.9 Å². The van der Waals surface area contributed by atoms with Gasteiger partial charge in [-0.05, 0) is 55.2 Å². The van der Waals surface area contributed by atoms with Crippen LogP contribution in [0.1, 0.15) is 42.1 Å². The monoisotopic (exact) mass is 469 g/mol. The van der Waals surface area contributed by atoms with Crippen LogP contribution in [0.3, 0.4) is 0 Å². The van der Waals surface area contributed by atoms with Crippen molar-refractivity contribution >= 4 is 27.5 Å². The molecule has 1 aliphatic heterocycles. The van der Waals surface area contributed by atoms with E-state index in [1.807, 2.05) is 12.1 Å². The second kappa shape index (κ2) is 11.1. The summed E-state index contributed by atoms with van der Waals surface area (Å²) in [6.45, 7) is 7.05. The Kier molecular flexibility index (Phi) is 8.27. The van der Waals surface area contributed by atoms with E-state index < -0.39 is 10.0 Å². The largest absolute Gasteiger partial charge is 0.352 e. The Labute approximate surface area is 195 Å². The van der Waals surface area contributed by atoms with Gasteiger partial charge in [0.05, 0.1) is 4.90 Å². The average Bonchev–Trinajstić information content (AvgIpc) is 2.82. The van der Waals surface area contributed by atoms with Gasteiger partial charge in [-0.2, -0.15) is 0 Å². The number of hydrogen-bond donors (Lipinski definition) is 2. The molecule has 8 heteroatoms. The lowest BCUT2D eigenvalue weighted by molar-refractivity contribution is -0.126. The van der Waals surface area contributed by atoms with Crippen LogP contribution in [-0.4, -0.2) is 44.8 Å². The van der Waals surface area contributed by atoms with Crippen LogP contribution in [-0.2, 0) is 21.2 Å². The zero-order valence-electron chi connectivity index (χ0n) is 18.9. The Bertz CT molecular complexity index is 1090. The number of carbonyl (C=O) groups excluding carboxylic acids is 2. The summed E-state index contributed by atoms with van der Waals surface area (Å²) in [4.78, 5) is 27.0. The van der Waals surface area contributed by atoms with Crippen LogP contribution in [0.4, 0.5) is 5.69 Å². The van der Waals surface area contributed by atoms with E-state index in [4.69, 9.17) is 0 Å². The number of anilines is 1. The number of nitrogens with one attached hydrogen (secondary N) is 2. The van der Waals surface area contributed by atoms with Crippen molar-refractivity contribution in [3.05, 3.63) is 72.3 Å². The van der Waals surface area contributed by atoms with Gasteiger partial charge >= 0.3 is 0 Å². The highest BCUT2D eigenvalue weighted by molar-refractivity contribution is 7.92. The van der Waals surface area contributed by atoms with Crippen molar-refractivity contribution in [3.8, 4) is 0 Å². The zero-order chi connectivity index (χ0) is 23.8. The third-order valence-electron chi connectivity index (χ3n) is 5.71. The number of sulfonamides is 1. The first-order valence-electron chi connectivity index (χ1n) is 11.2. The fourth-order valence-corrected chi connectivity index (χ4v) is 4.95. The van der Waals surface area contributed by atoms with E-state index in [1.165, 1.54) is 0 Å². The summed E-state index contributed by atoms with van der Waals surface area (Å²) in [6.07, 6.45) is 4.71. The van der Waals surface area contributed by atoms with E-state index >= 15 is 0 Å². The molecule has 2 aromatic carbocycles. The highest BCUT2D eigenvalue weighted by Crippen LogP contribution is 2.22. The Morgan fingerprint density at radius 2 is 1.82 bits per heavy atom. The molecule has 1 saturated heterocycles. The third kappa shape index (κ3) is 6.44. The molecule has 0 aromatic heterocycles. The second-order valence-electron chi connectivity index (χ2n) is 8.18. The van der Waals surface area contributed by atoms with Crippen LogP contribution in [0, 0.1) is 5.92 Å². The molecule has 0 spiro atoms. The Morgan fingerprint density at radius 3 is 2.45 bits per heavy atom. The number of piperidine rings is 1. The summed E-state index contributed by atoms with van der Waals surface area (Å²) in [6, 6.07) is 13.3. The molecule has 3 rings (SSSR count). The highest BCUT2D eigenvalue weighted by Gasteiger charge is 2.27. The number of benzene rings is 2. The van der Waals surface area contributed by atoms with Crippen molar-refractivity contribution in [2.45, 2.75) is 37.5 Å². The Morgan fingerprint density at radius 1 is 1.12 bits per heavy atom. The van der Waals surface area contributed by atoms with Crippen molar-refractivity contribution in [1.29, 1.82) is 0 Å². The average molecular weight is 470 g/mol. The van der Waals surface area contributed by atoms with Crippen molar-refractivity contribution in [2.75, 3.05) is 24.4 Å². The first kappa shape index (κ1) is 24.5. The molecule has 1 fully saturated rings. The lowest BCUT2D eigenvalue weighted by Gasteiger charge is -2.31. The minimum Gasteiger partial charge on any atom is -0.352 e. The van der Waals surface area contributed by atoms with Crippen LogP contribution in [0.25, 0.3) is 0 Å². The number of hydrogen-bond acceptors (Lipinski definition) is 4. The SMILES string of the molecule is C=CCNC(=O)C1CCN(C(=O)c2cccc(NS(=O)(=O)c3ccc(CCC)cc3)c2)CC1. The molecule has 0 radical (unpaired) electrons. The lowest BCUT2D eigenvalue weighted by Crippen LogP contribution is -2.43. The summed E-state index contributed by atoms with van der Waals surface area (Å²) in [5.41, 5.74) is 1.83. The molecule has 2 amide bonds. The van der Waals surface area contributed by atoms with E-state index in [9.17, 15) is 18.0 Å². The van der Waals surface area contributed by atoms with E-state index in [-0.39, 0.29) is 22.6 Å². The highest BCUT2D eigenvalue weighted by atomic mass is 32.2. The maximum Gasteiger partial charge on any atom is 0.261 e. The quantitative estimate of drug-likeness (QED) is 0.549. The van der Waals surface area contributed by atoms with Crippen LogP contribution in [0.2, 0.25) is 0 Å². The standard InChI is InChI=1S/C25H31N3O4S/c1-3-6-19-9-11-23(12-10-19)33(31,32)27-22-8-5-7-21(18-22)25(30)28-16-13-20(14-17-28)24(29)26-15-4-2/h4-5,7-12,18,20,27H,2-3,6,13-17H2,1H3,(H,26,29). The zero-order valence-corrected chi connectivity index (χ0v) is 19.7. The van der Waals surface area contributed by atoms with E-state index in [1.54, 1.807) is 47.4 Å². The normalized spacial score (nSPS) is 14.5. The summed E-state index contributed by atoms with van der Waals surface area (Å²) < 4.78 is 28.1. The maximum absolute atomic E-state index is 13.0. The molecule has 0 unspecified atom stereocenters. The van der Waals surface area contributed by atoms with Crippen LogP contribution in [0.5, 0.6) is 0 Å². The van der Waals surface area contributed by atoms with Gasteiger partial charge in [-0.25, -0.2) is 8.42 Å². The minimum atomic E-state index is -3.76. The van der Waals surface area contributed by atoms with Gasteiger partial charge in [-0.15, -0.1) is 6.58 Å². The number of rotatable bonds is 9. The first-order valence-corrected chi connectivity index (χ1v) is 12.7. The molecule has 0 bridgehead atoms. The predicted octanol–water partition coefficient (Wildman–Crippen LogP) is 3.59. The fourth-order valence-electron chi connectivity index (χ4n) is 3.90. The molecule has 1 heterocycles. The van der Waals surface area contributed by atoms with Crippen LogP contribution < -0.4 is 10.0 Å². The number of nitrogens with zero attached hydrogens (tertiary/aromatic N) is 1. The second-order valence-corrected chi connectivity index (χ2v) is 9.86. The molecule has 7 nitrogen and oxygen atoms in total. The molecule has 2 aromatic rings. The van der Waals surface area contributed by atoms with E-state index in [2.05, 4.69) is 23.5 Å². The van der Waals surface area contributed by atoms with Gasteiger partial charge in [0, 0.05) is 36.8 Å². The minimum absolute atomic E-state index is 0.0128.